The van der Waals surface area contributed by atoms with Crippen LogP contribution in [0.25, 0.3) is 0 Å². The van der Waals surface area contributed by atoms with E-state index < -0.39 is 0 Å². The van der Waals surface area contributed by atoms with Crippen molar-refractivity contribution in [2.75, 3.05) is 12.3 Å². The van der Waals surface area contributed by atoms with Gasteiger partial charge in [-0.3, -0.25) is 0 Å². The van der Waals surface area contributed by atoms with Crippen molar-refractivity contribution in [2.45, 2.75) is 37.9 Å². The molecule has 1 aliphatic rings. The summed E-state index contributed by atoms with van der Waals surface area (Å²) in [4.78, 5) is 0. The molecular formula is C13H21NOS. The molecule has 16 heavy (non-hydrogen) atoms. The van der Waals surface area contributed by atoms with Crippen LogP contribution in [0.3, 0.4) is 0 Å². The van der Waals surface area contributed by atoms with E-state index in [0.29, 0.717) is 11.8 Å². The van der Waals surface area contributed by atoms with E-state index in [4.69, 9.17) is 10.2 Å². The highest BCUT2D eigenvalue weighted by atomic mass is 32.2. The smallest absolute Gasteiger partial charge is 0.118 e. The van der Waals surface area contributed by atoms with Crippen LogP contribution in [0.2, 0.25) is 0 Å². The van der Waals surface area contributed by atoms with E-state index in [-0.39, 0.29) is 0 Å². The van der Waals surface area contributed by atoms with Crippen LogP contribution < -0.4 is 5.73 Å². The van der Waals surface area contributed by atoms with E-state index in [9.17, 15) is 0 Å². The zero-order chi connectivity index (χ0) is 11.4. The number of thioether (sulfide) groups is 1. The molecule has 1 atom stereocenters. The molecule has 1 saturated carbocycles. The van der Waals surface area contributed by atoms with E-state index in [0.717, 1.165) is 17.4 Å². The van der Waals surface area contributed by atoms with Gasteiger partial charge < -0.3 is 10.2 Å². The fourth-order valence-corrected chi connectivity index (χ4v) is 3.59. The van der Waals surface area contributed by atoms with E-state index in [1.54, 1.807) is 0 Å². The van der Waals surface area contributed by atoms with Gasteiger partial charge in [0.2, 0.25) is 0 Å². The summed E-state index contributed by atoms with van der Waals surface area (Å²) in [7, 11) is 0. The largest absolute Gasteiger partial charge is 0.465 e. The lowest BCUT2D eigenvalue weighted by atomic mass is 10.1. The van der Waals surface area contributed by atoms with Crippen LogP contribution in [0.1, 0.15) is 42.5 Å². The summed E-state index contributed by atoms with van der Waals surface area (Å²) in [6, 6.07) is 4.09. The second-order valence-corrected chi connectivity index (χ2v) is 5.89. The molecule has 90 valence electrons. The summed E-state index contributed by atoms with van der Waals surface area (Å²) in [5.74, 6) is 4.18. The summed E-state index contributed by atoms with van der Waals surface area (Å²) in [5, 5.41) is 0.342. The predicted molar refractivity (Wildman–Crippen MR) is 69.7 cm³/mol. The molecule has 0 radical (unpaired) electrons. The van der Waals surface area contributed by atoms with Gasteiger partial charge in [-0.1, -0.05) is 12.8 Å². The van der Waals surface area contributed by atoms with Gasteiger partial charge in [0.25, 0.3) is 0 Å². The first-order chi connectivity index (χ1) is 7.79. The van der Waals surface area contributed by atoms with Crippen LogP contribution >= 0.6 is 11.8 Å². The Bertz CT molecular complexity index is 317. The molecule has 0 aromatic carbocycles. The molecule has 0 spiro atoms. The Hall–Kier alpha value is -0.410. The van der Waals surface area contributed by atoms with Gasteiger partial charge in [0, 0.05) is 6.54 Å². The van der Waals surface area contributed by atoms with Crippen molar-refractivity contribution < 1.29 is 4.42 Å². The molecule has 2 N–H and O–H groups in total. The Balaban J connectivity index is 1.85. The molecule has 0 amide bonds. The Kier molecular flexibility index (Phi) is 4.36. The van der Waals surface area contributed by atoms with Crippen LogP contribution in [-0.4, -0.2) is 12.3 Å². The first kappa shape index (κ1) is 12.1. The lowest BCUT2D eigenvalue weighted by molar-refractivity contribution is 0.481. The van der Waals surface area contributed by atoms with Gasteiger partial charge in [0.15, 0.2) is 0 Å². The van der Waals surface area contributed by atoms with Crippen molar-refractivity contribution >= 4 is 11.8 Å². The molecule has 2 nitrogen and oxygen atoms in total. The normalized spacial score (nSPS) is 19.1. The minimum absolute atomic E-state index is 0.342. The molecule has 1 aliphatic carbocycles. The standard InChI is InChI=1S/C13H21NOS/c1-10-6-7-12(15-10)13(8-14)16-9-11-4-2-3-5-11/h6-7,11,13H,2-5,8-9,14H2,1H3. The summed E-state index contributed by atoms with van der Waals surface area (Å²) >= 11 is 1.97. The maximum absolute atomic E-state index is 5.82. The van der Waals surface area contributed by atoms with Gasteiger partial charge in [-0.15, -0.1) is 11.8 Å². The SMILES string of the molecule is Cc1ccc(C(CN)SCC2CCCC2)o1. The third-order valence-corrected chi connectivity index (χ3v) is 4.79. The van der Waals surface area contributed by atoms with Crippen molar-refractivity contribution in [2.24, 2.45) is 11.7 Å². The van der Waals surface area contributed by atoms with Gasteiger partial charge in [0.1, 0.15) is 11.5 Å². The molecule has 1 aromatic heterocycles. The van der Waals surface area contributed by atoms with Crippen LogP contribution in [0.5, 0.6) is 0 Å². The second-order valence-electron chi connectivity index (χ2n) is 4.66. The lowest BCUT2D eigenvalue weighted by Crippen LogP contribution is -2.11. The average molecular weight is 239 g/mol. The molecule has 1 aromatic rings. The van der Waals surface area contributed by atoms with E-state index in [1.807, 2.05) is 24.8 Å². The van der Waals surface area contributed by atoms with Gasteiger partial charge in [0.05, 0.1) is 5.25 Å². The van der Waals surface area contributed by atoms with Gasteiger partial charge in [-0.05, 0) is 43.6 Å². The van der Waals surface area contributed by atoms with E-state index in [2.05, 4.69) is 6.07 Å². The number of hydrogen-bond acceptors (Lipinski definition) is 3. The minimum atomic E-state index is 0.342. The zero-order valence-electron chi connectivity index (χ0n) is 9.95. The van der Waals surface area contributed by atoms with Gasteiger partial charge in [-0.25, -0.2) is 0 Å². The van der Waals surface area contributed by atoms with Crippen LogP contribution in [0, 0.1) is 12.8 Å². The summed E-state index contributed by atoms with van der Waals surface area (Å²) in [6.45, 7) is 2.66. The molecule has 3 heteroatoms. The molecule has 2 rings (SSSR count). The topological polar surface area (TPSA) is 39.2 Å². The van der Waals surface area contributed by atoms with Crippen molar-refractivity contribution in [1.82, 2.24) is 0 Å². The third kappa shape index (κ3) is 3.05. The molecule has 0 bridgehead atoms. The summed E-state index contributed by atoms with van der Waals surface area (Å²) in [5.41, 5.74) is 5.82. The van der Waals surface area contributed by atoms with Crippen molar-refractivity contribution in [1.29, 1.82) is 0 Å². The van der Waals surface area contributed by atoms with E-state index >= 15 is 0 Å². The van der Waals surface area contributed by atoms with Gasteiger partial charge >= 0.3 is 0 Å². The van der Waals surface area contributed by atoms with Crippen LogP contribution in [0.4, 0.5) is 0 Å². The molecule has 0 aliphatic heterocycles. The fraction of sp³-hybridized carbons (Fsp3) is 0.692. The average Bonchev–Trinajstić information content (AvgIpc) is 2.91. The first-order valence-corrected chi connectivity index (χ1v) is 7.22. The maximum Gasteiger partial charge on any atom is 0.118 e. The number of rotatable bonds is 5. The molecule has 1 fully saturated rings. The Morgan fingerprint density at radius 2 is 2.19 bits per heavy atom. The molecular weight excluding hydrogens is 218 g/mol. The fourth-order valence-electron chi connectivity index (χ4n) is 2.32. The number of nitrogens with two attached hydrogens (primary N) is 1. The monoisotopic (exact) mass is 239 g/mol. The molecule has 1 unspecified atom stereocenters. The molecule has 0 saturated heterocycles. The quantitative estimate of drug-likeness (QED) is 0.854. The number of furan rings is 1. The number of hydrogen-bond donors (Lipinski definition) is 1. The van der Waals surface area contributed by atoms with Crippen LogP contribution in [-0.2, 0) is 0 Å². The van der Waals surface area contributed by atoms with Crippen molar-refractivity contribution in [3.05, 3.63) is 23.7 Å². The number of aryl methyl sites for hydroxylation is 1. The predicted octanol–water partition coefficient (Wildman–Crippen LogP) is 3.51. The van der Waals surface area contributed by atoms with Crippen molar-refractivity contribution in [3.8, 4) is 0 Å². The van der Waals surface area contributed by atoms with Gasteiger partial charge in [-0.2, -0.15) is 0 Å². The Labute approximate surface area is 102 Å². The van der Waals surface area contributed by atoms with Crippen molar-refractivity contribution in [3.63, 3.8) is 0 Å². The molecule has 1 heterocycles. The summed E-state index contributed by atoms with van der Waals surface area (Å²) < 4.78 is 5.65. The highest BCUT2D eigenvalue weighted by molar-refractivity contribution is 7.99. The highest BCUT2D eigenvalue weighted by Crippen LogP contribution is 2.35. The zero-order valence-corrected chi connectivity index (χ0v) is 10.8. The second kappa shape index (κ2) is 5.78. The maximum atomic E-state index is 5.82. The lowest BCUT2D eigenvalue weighted by Gasteiger charge is -2.14. The third-order valence-electron chi connectivity index (χ3n) is 3.30. The summed E-state index contributed by atoms with van der Waals surface area (Å²) in [6.07, 6.45) is 5.64. The highest BCUT2D eigenvalue weighted by Gasteiger charge is 2.19. The van der Waals surface area contributed by atoms with E-state index in [1.165, 1.54) is 31.4 Å². The Morgan fingerprint density at radius 1 is 1.44 bits per heavy atom. The minimum Gasteiger partial charge on any atom is -0.465 e. The van der Waals surface area contributed by atoms with Crippen LogP contribution in [0.15, 0.2) is 16.5 Å². The first-order valence-electron chi connectivity index (χ1n) is 6.17. The Morgan fingerprint density at radius 3 is 2.75 bits per heavy atom.